The molecule has 1 heterocycles. The largest absolute Gasteiger partial charge is 0.493 e. The number of para-hydroxylation sites is 1. The molecule has 9 heteroatoms. The molecule has 2 aromatic carbocycles. The Morgan fingerprint density at radius 1 is 1.24 bits per heavy atom. The predicted octanol–water partition coefficient (Wildman–Crippen LogP) is 5.98. The van der Waals surface area contributed by atoms with Crippen LogP contribution < -0.4 is 9.47 Å². The topological polar surface area (TPSA) is 64.4 Å². The zero-order valence-corrected chi connectivity index (χ0v) is 18.5. The summed E-state index contributed by atoms with van der Waals surface area (Å²) in [6, 6.07) is 11.0. The van der Waals surface area contributed by atoms with Crippen LogP contribution in [-0.2, 0) is 0 Å². The summed E-state index contributed by atoms with van der Waals surface area (Å²) in [5.41, 5.74) is 1.47. The minimum absolute atomic E-state index is 0.0401. The molecule has 0 unspecified atom stereocenters. The Balaban J connectivity index is 1.98. The van der Waals surface area contributed by atoms with E-state index in [1.165, 1.54) is 4.68 Å². The van der Waals surface area contributed by atoms with Gasteiger partial charge in [-0.15, -0.1) is 0 Å². The van der Waals surface area contributed by atoms with Crippen molar-refractivity contribution in [2.75, 3.05) is 6.61 Å². The Bertz CT molecular complexity index is 1070. The van der Waals surface area contributed by atoms with Crippen molar-refractivity contribution in [2.24, 2.45) is 5.10 Å². The van der Waals surface area contributed by atoms with Gasteiger partial charge in [0.05, 0.1) is 34.5 Å². The number of nitrogens with one attached hydrogen (secondary N) is 1. The highest BCUT2D eigenvalue weighted by Gasteiger charge is 2.14. The molecule has 0 aliphatic carbocycles. The van der Waals surface area contributed by atoms with Gasteiger partial charge in [-0.05, 0) is 62.8 Å². The van der Waals surface area contributed by atoms with Gasteiger partial charge in [-0.2, -0.15) is 14.9 Å². The number of benzene rings is 2. The Morgan fingerprint density at radius 3 is 2.59 bits per heavy atom. The van der Waals surface area contributed by atoms with Gasteiger partial charge in [-0.1, -0.05) is 35.3 Å². The maximum Gasteiger partial charge on any atom is 0.216 e. The number of aromatic nitrogens is 3. The van der Waals surface area contributed by atoms with Crippen LogP contribution >= 0.6 is 35.4 Å². The van der Waals surface area contributed by atoms with E-state index in [0.29, 0.717) is 44.3 Å². The van der Waals surface area contributed by atoms with E-state index < -0.39 is 0 Å². The van der Waals surface area contributed by atoms with Gasteiger partial charge in [-0.3, -0.25) is 0 Å². The standard InChI is InChI=1S/C20H20Cl2N4O2S/c1-4-27-17-8-6-5-7-14(17)19-24-25-20(29)26(19)23-11-13-9-15(21)18(16(22)10-13)28-12(2)3/h5-12H,4H2,1-3H3,(H,25,29)/b23-11-. The predicted molar refractivity (Wildman–Crippen MR) is 119 cm³/mol. The summed E-state index contributed by atoms with van der Waals surface area (Å²) in [6.07, 6.45) is 1.57. The second kappa shape index (κ2) is 9.43. The normalized spacial score (nSPS) is 11.4. The fraction of sp³-hybridized carbons (Fsp3) is 0.250. The first-order chi connectivity index (χ1) is 13.9. The molecule has 152 valence electrons. The first-order valence-corrected chi connectivity index (χ1v) is 10.2. The molecule has 3 aromatic rings. The van der Waals surface area contributed by atoms with Crippen molar-refractivity contribution in [2.45, 2.75) is 26.9 Å². The van der Waals surface area contributed by atoms with E-state index in [-0.39, 0.29) is 6.10 Å². The van der Waals surface area contributed by atoms with Gasteiger partial charge < -0.3 is 9.47 Å². The molecule has 0 atom stereocenters. The third-order valence-corrected chi connectivity index (χ3v) is 4.60. The van der Waals surface area contributed by atoms with Gasteiger partial charge in [0.15, 0.2) is 11.6 Å². The fourth-order valence-corrected chi connectivity index (χ4v) is 3.40. The van der Waals surface area contributed by atoms with Crippen molar-refractivity contribution in [3.8, 4) is 22.9 Å². The fourth-order valence-electron chi connectivity index (χ4n) is 2.63. The molecule has 29 heavy (non-hydrogen) atoms. The molecule has 1 aromatic heterocycles. The number of H-pyrrole nitrogens is 1. The van der Waals surface area contributed by atoms with Crippen LogP contribution in [0.3, 0.4) is 0 Å². The second-order valence-corrected chi connectivity index (χ2v) is 7.52. The van der Waals surface area contributed by atoms with Gasteiger partial charge in [-0.25, -0.2) is 5.10 Å². The Morgan fingerprint density at radius 2 is 1.93 bits per heavy atom. The lowest BCUT2D eigenvalue weighted by Gasteiger charge is -2.13. The van der Waals surface area contributed by atoms with E-state index >= 15 is 0 Å². The average molecular weight is 451 g/mol. The number of aromatic amines is 1. The lowest BCUT2D eigenvalue weighted by Crippen LogP contribution is -2.06. The van der Waals surface area contributed by atoms with Gasteiger partial charge in [0.25, 0.3) is 0 Å². The highest BCUT2D eigenvalue weighted by Crippen LogP contribution is 2.34. The minimum Gasteiger partial charge on any atom is -0.493 e. The Kier molecular flexibility index (Phi) is 6.95. The number of nitrogens with zero attached hydrogens (tertiary/aromatic N) is 3. The lowest BCUT2D eigenvalue weighted by molar-refractivity contribution is 0.243. The molecule has 0 aliphatic rings. The number of hydrogen-bond acceptors (Lipinski definition) is 5. The van der Waals surface area contributed by atoms with Crippen LogP contribution in [0.15, 0.2) is 41.5 Å². The molecular weight excluding hydrogens is 431 g/mol. The first kappa shape index (κ1) is 21.4. The average Bonchev–Trinajstić information content (AvgIpc) is 3.04. The summed E-state index contributed by atoms with van der Waals surface area (Å²) >= 11 is 18.0. The molecule has 3 rings (SSSR count). The molecule has 1 N–H and O–H groups in total. The van der Waals surface area contributed by atoms with E-state index in [1.54, 1.807) is 18.3 Å². The van der Waals surface area contributed by atoms with Crippen molar-refractivity contribution < 1.29 is 9.47 Å². The quantitative estimate of drug-likeness (QED) is 0.354. The lowest BCUT2D eigenvalue weighted by atomic mass is 10.2. The molecule has 0 aliphatic heterocycles. The maximum atomic E-state index is 6.32. The number of rotatable bonds is 7. The molecule has 0 saturated carbocycles. The van der Waals surface area contributed by atoms with E-state index in [0.717, 1.165) is 5.56 Å². The molecule has 0 amide bonds. The van der Waals surface area contributed by atoms with Crippen LogP contribution in [-0.4, -0.2) is 33.8 Å². The van der Waals surface area contributed by atoms with Crippen molar-refractivity contribution in [3.63, 3.8) is 0 Å². The van der Waals surface area contributed by atoms with Crippen molar-refractivity contribution in [3.05, 3.63) is 56.8 Å². The first-order valence-electron chi connectivity index (χ1n) is 9.00. The summed E-state index contributed by atoms with van der Waals surface area (Å²) in [5, 5.41) is 12.4. The summed E-state index contributed by atoms with van der Waals surface area (Å²) in [7, 11) is 0. The van der Waals surface area contributed by atoms with E-state index in [1.807, 2.05) is 45.0 Å². The SMILES string of the molecule is CCOc1ccccc1-c1n[nH]c(=S)n1/N=C\c1cc(Cl)c(OC(C)C)c(Cl)c1. The molecule has 0 saturated heterocycles. The van der Waals surface area contributed by atoms with E-state index in [2.05, 4.69) is 15.3 Å². The molecule has 6 nitrogen and oxygen atoms in total. The second-order valence-electron chi connectivity index (χ2n) is 6.32. The smallest absolute Gasteiger partial charge is 0.216 e. The highest BCUT2D eigenvalue weighted by atomic mass is 35.5. The van der Waals surface area contributed by atoms with Gasteiger partial charge >= 0.3 is 0 Å². The Hall–Kier alpha value is -2.35. The molecule has 0 fully saturated rings. The monoisotopic (exact) mass is 450 g/mol. The van der Waals surface area contributed by atoms with Crippen LogP contribution in [0.2, 0.25) is 10.0 Å². The highest BCUT2D eigenvalue weighted by molar-refractivity contribution is 7.71. The molecule has 0 bridgehead atoms. The molecular formula is C20H20Cl2N4O2S. The van der Waals surface area contributed by atoms with Crippen LogP contribution in [0.4, 0.5) is 0 Å². The Labute approximate surface area is 184 Å². The summed E-state index contributed by atoms with van der Waals surface area (Å²) in [5.74, 6) is 1.68. The van der Waals surface area contributed by atoms with Crippen LogP contribution in [0.1, 0.15) is 26.3 Å². The van der Waals surface area contributed by atoms with E-state index in [4.69, 9.17) is 44.9 Å². The van der Waals surface area contributed by atoms with Gasteiger partial charge in [0.2, 0.25) is 4.77 Å². The summed E-state index contributed by atoms with van der Waals surface area (Å²) in [6.45, 7) is 6.27. The third kappa shape index (κ3) is 4.98. The van der Waals surface area contributed by atoms with Gasteiger partial charge in [0.1, 0.15) is 5.75 Å². The van der Waals surface area contributed by atoms with Crippen LogP contribution in [0.25, 0.3) is 11.4 Å². The van der Waals surface area contributed by atoms with Crippen LogP contribution in [0, 0.1) is 4.77 Å². The third-order valence-electron chi connectivity index (χ3n) is 3.77. The minimum atomic E-state index is -0.0401. The number of halogens is 2. The zero-order chi connectivity index (χ0) is 21.0. The van der Waals surface area contributed by atoms with Gasteiger partial charge in [0, 0.05) is 0 Å². The van der Waals surface area contributed by atoms with Crippen molar-refractivity contribution in [1.82, 2.24) is 14.9 Å². The molecule has 0 radical (unpaired) electrons. The number of ether oxygens (including phenoxy) is 2. The summed E-state index contributed by atoms with van der Waals surface area (Å²) in [4.78, 5) is 0. The molecule has 0 spiro atoms. The number of hydrogen-bond donors (Lipinski definition) is 1. The van der Waals surface area contributed by atoms with Crippen LogP contribution in [0.5, 0.6) is 11.5 Å². The van der Waals surface area contributed by atoms with E-state index in [9.17, 15) is 0 Å². The zero-order valence-electron chi connectivity index (χ0n) is 16.1. The van der Waals surface area contributed by atoms with Crippen molar-refractivity contribution >= 4 is 41.6 Å². The summed E-state index contributed by atoms with van der Waals surface area (Å²) < 4.78 is 13.2. The maximum absolute atomic E-state index is 6.32. The van der Waals surface area contributed by atoms with Crippen molar-refractivity contribution in [1.29, 1.82) is 0 Å².